The number of nitrogens with one attached hydrogen (secondary N) is 2. The number of hydrogen-bond donors (Lipinski definition) is 2. The molecule has 0 bridgehead atoms. The first-order chi connectivity index (χ1) is 20.7. The van der Waals surface area contributed by atoms with Crippen molar-refractivity contribution in [2.75, 3.05) is 19.5 Å². The standard InChI is InChI=1S/C34H37ClN4O3S/c1-5-12-27(13-11-19-35)22-37-23-29(28-14-7-6-8-15-28)33(40)34(36-4)39-31(30-16-9-10-20-38-30)24-43(41,42)32-18-17-25(2)21-26(32)3/h6-18,20-21,23-24,37H,5,19,22H2,1-4H3,(H,36,39)/b13-11-,27-12+,29-23+,31-24+. The molecule has 2 aromatic carbocycles. The number of halogens is 1. The maximum atomic E-state index is 14.0. The van der Waals surface area contributed by atoms with E-state index in [9.17, 15) is 13.2 Å². The molecule has 1 aromatic heterocycles. The summed E-state index contributed by atoms with van der Waals surface area (Å²) in [5.41, 5.74) is 4.09. The van der Waals surface area contributed by atoms with E-state index in [4.69, 9.17) is 11.6 Å². The third kappa shape index (κ3) is 9.63. The number of allylic oxidation sites excluding steroid dienone is 2. The van der Waals surface area contributed by atoms with Crippen LogP contribution < -0.4 is 10.6 Å². The van der Waals surface area contributed by atoms with Crippen LogP contribution in [0.2, 0.25) is 0 Å². The number of nitrogens with zero attached hydrogens (tertiary/aromatic N) is 2. The van der Waals surface area contributed by atoms with E-state index in [1.54, 1.807) is 49.7 Å². The molecule has 43 heavy (non-hydrogen) atoms. The quantitative estimate of drug-likeness (QED) is 0.0756. The van der Waals surface area contributed by atoms with Crippen LogP contribution in [0.15, 0.2) is 118 Å². The molecule has 0 saturated heterocycles. The lowest BCUT2D eigenvalue weighted by molar-refractivity contribution is -0.108. The third-order valence-corrected chi connectivity index (χ3v) is 8.11. The van der Waals surface area contributed by atoms with Crippen LogP contribution >= 0.6 is 11.6 Å². The Morgan fingerprint density at radius 3 is 2.42 bits per heavy atom. The number of rotatable bonds is 13. The molecular weight excluding hydrogens is 580 g/mol. The van der Waals surface area contributed by atoms with Crippen molar-refractivity contribution in [1.29, 1.82) is 0 Å². The summed E-state index contributed by atoms with van der Waals surface area (Å²) < 4.78 is 27.1. The molecule has 3 rings (SSSR count). The average molecular weight is 617 g/mol. The van der Waals surface area contributed by atoms with Crippen molar-refractivity contribution < 1.29 is 13.2 Å². The van der Waals surface area contributed by atoms with Crippen LogP contribution in [0, 0.1) is 13.8 Å². The highest BCUT2D eigenvalue weighted by Gasteiger charge is 2.23. The Kier molecular flexibility index (Phi) is 12.7. The Bertz CT molecular complexity index is 1660. The Balaban J connectivity index is 2.02. The molecule has 0 unspecified atom stereocenters. The van der Waals surface area contributed by atoms with E-state index >= 15 is 0 Å². The molecule has 0 spiro atoms. The van der Waals surface area contributed by atoms with Crippen LogP contribution in [0.5, 0.6) is 0 Å². The molecule has 0 aliphatic heterocycles. The van der Waals surface area contributed by atoms with E-state index in [0.29, 0.717) is 34.8 Å². The maximum Gasteiger partial charge on any atom is 0.229 e. The molecule has 0 radical (unpaired) electrons. The van der Waals surface area contributed by atoms with Gasteiger partial charge in [-0.25, -0.2) is 8.42 Å². The number of hydrogen-bond acceptors (Lipinski definition) is 6. The first-order valence-corrected chi connectivity index (χ1v) is 15.9. The first-order valence-electron chi connectivity index (χ1n) is 13.8. The SMILES string of the molecule is CC/C=C(\C=C/CCl)CN/C=C(/C(=O)C(=NC)N/C(=C/S(=O)(=O)c1ccc(C)cc1C)c1ccccn1)c1ccccc1. The molecule has 9 heteroatoms. The summed E-state index contributed by atoms with van der Waals surface area (Å²) in [6, 6.07) is 19.5. The number of carbonyl (C=O) groups is 1. The molecular formula is C34H37ClN4O3S. The number of alkyl halides is 1. The van der Waals surface area contributed by atoms with Gasteiger partial charge < -0.3 is 10.6 Å². The minimum absolute atomic E-state index is 0.0454. The molecule has 0 atom stereocenters. The summed E-state index contributed by atoms with van der Waals surface area (Å²) in [7, 11) is -2.45. The van der Waals surface area contributed by atoms with Gasteiger partial charge in [-0.2, -0.15) is 0 Å². The Hall–Kier alpha value is -4.27. The second kappa shape index (κ2) is 16.4. The molecule has 1 heterocycles. The monoisotopic (exact) mass is 616 g/mol. The molecule has 3 aromatic rings. The fraction of sp³-hybridized carbons (Fsp3) is 0.206. The molecule has 0 fully saturated rings. The molecule has 7 nitrogen and oxygen atoms in total. The first kappa shape index (κ1) is 33.2. The number of aliphatic imine (C=N–C) groups is 1. The van der Waals surface area contributed by atoms with Gasteiger partial charge in [0.15, 0.2) is 5.84 Å². The van der Waals surface area contributed by atoms with Gasteiger partial charge in [-0.15, -0.1) is 11.6 Å². The van der Waals surface area contributed by atoms with Crippen LogP contribution in [-0.4, -0.2) is 44.5 Å². The fourth-order valence-corrected chi connectivity index (χ4v) is 5.78. The van der Waals surface area contributed by atoms with Crippen LogP contribution in [0.1, 0.15) is 35.7 Å². The van der Waals surface area contributed by atoms with Crippen molar-refractivity contribution in [2.24, 2.45) is 4.99 Å². The second-order valence-electron chi connectivity index (χ2n) is 9.64. The third-order valence-electron chi connectivity index (χ3n) is 6.31. The zero-order chi connectivity index (χ0) is 31.2. The lowest BCUT2D eigenvalue weighted by Gasteiger charge is -2.15. The van der Waals surface area contributed by atoms with Gasteiger partial charge in [-0.05, 0) is 55.2 Å². The Labute approximate surface area is 259 Å². The second-order valence-corrected chi connectivity index (χ2v) is 11.7. The summed E-state index contributed by atoms with van der Waals surface area (Å²) in [6.45, 7) is 6.18. The number of aryl methyl sites for hydroxylation is 2. The highest BCUT2D eigenvalue weighted by molar-refractivity contribution is 7.94. The zero-order valence-electron chi connectivity index (χ0n) is 24.8. The van der Waals surface area contributed by atoms with Crippen LogP contribution in [0.4, 0.5) is 0 Å². The van der Waals surface area contributed by atoms with E-state index in [0.717, 1.165) is 23.0 Å². The highest BCUT2D eigenvalue weighted by Crippen LogP contribution is 2.23. The smallest absolute Gasteiger partial charge is 0.229 e. The molecule has 0 amide bonds. The van der Waals surface area contributed by atoms with Gasteiger partial charge in [0.1, 0.15) is 0 Å². The summed E-state index contributed by atoms with van der Waals surface area (Å²) in [5, 5.41) is 7.33. The van der Waals surface area contributed by atoms with Crippen LogP contribution in [0.25, 0.3) is 11.3 Å². The van der Waals surface area contributed by atoms with E-state index in [1.807, 2.05) is 62.4 Å². The van der Waals surface area contributed by atoms with Crippen molar-refractivity contribution in [3.05, 3.63) is 131 Å². The number of amidine groups is 1. The molecule has 2 N–H and O–H groups in total. The number of aromatic nitrogens is 1. The zero-order valence-corrected chi connectivity index (χ0v) is 26.4. The summed E-state index contributed by atoms with van der Waals surface area (Å²) in [5.74, 6) is -0.0712. The lowest BCUT2D eigenvalue weighted by atomic mass is 10.0. The minimum Gasteiger partial charge on any atom is -0.386 e. The fourth-order valence-electron chi connectivity index (χ4n) is 4.31. The topological polar surface area (TPSA) is 101 Å². The van der Waals surface area contributed by atoms with E-state index in [1.165, 1.54) is 7.05 Å². The maximum absolute atomic E-state index is 14.0. The lowest BCUT2D eigenvalue weighted by Crippen LogP contribution is -2.32. The van der Waals surface area contributed by atoms with Gasteiger partial charge in [0.05, 0.1) is 21.7 Å². The minimum atomic E-state index is -3.92. The summed E-state index contributed by atoms with van der Waals surface area (Å²) in [4.78, 5) is 22.7. The largest absolute Gasteiger partial charge is 0.386 e. The van der Waals surface area contributed by atoms with Crippen molar-refractivity contribution in [3.8, 4) is 0 Å². The summed E-state index contributed by atoms with van der Waals surface area (Å²) in [6.07, 6.45) is 9.94. The van der Waals surface area contributed by atoms with Crippen molar-refractivity contribution in [1.82, 2.24) is 15.6 Å². The van der Waals surface area contributed by atoms with Crippen molar-refractivity contribution >= 4 is 44.3 Å². The van der Waals surface area contributed by atoms with Crippen molar-refractivity contribution in [2.45, 2.75) is 32.1 Å². The van der Waals surface area contributed by atoms with Gasteiger partial charge in [-0.3, -0.25) is 14.8 Å². The van der Waals surface area contributed by atoms with Gasteiger partial charge in [-0.1, -0.05) is 79.2 Å². The Morgan fingerprint density at radius 2 is 1.79 bits per heavy atom. The molecule has 0 saturated carbocycles. The number of sulfone groups is 1. The summed E-state index contributed by atoms with van der Waals surface area (Å²) >= 11 is 5.82. The van der Waals surface area contributed by atoms with Crippen LogP contribution in [-0.2, 0) is 14.6 Å². The number of pyridine rings is 1. The number of carbonyl (C=O) groups excluding carboxylic acids is 1. The van der Waals surface area contributed by atoms with Gasteiger partial charge in [0.25, 0.3) is 0 Å². The number of Topliss-reactive ketones (excluding diaryl/α,β-unsaturated/α-hetero) is 1. The van der Waals surface area contributed by atoms with Gasteiger partial charge in [0, 0.05) is 37.4 Å². The normalized spacial score (nSPS) is 13.3. The number of ketones is 1. The van der Waals surface area contributed by atoms with E-state index in [2.05, 4.69) is 26.7 Å². The van der Waals surface area contributed by atoms with Gasteiger partial charge in [0.2, 0.25) is 15.6 Å². The van der Waals surface area contributed by atoms with E-state index in [-0.39, 0.29) is 16.4 Å². The molecule has 224 valence electrons. The average Bonchev–Trinajstić information content (AvgIpc) is 3.00. The van der Waals surface area contributed by atoms with E-state index < -0.39 is 15.6 Å². The predicted octanol–water partition coefficient (Wildman–Crippen LogP) is 6.42. The van der Waals surface area contributed by atoms with Gasteiger partial charge >= 0.3 is 0 Å². The molecule has 0 aliphatic rings. The highest BCUT2D eigenvalue weighted by atomic mass is 35.5. The predicted molar refractivity (Wildman–Crippen MR) is 177 cm³/mol. The number of benzene rings is 2. The van der Waals surface area contributed by atoms with Crippen LogP contribution in [0.3, 0.4) is 0 Å². The van der Waals surface area contributed by atoms with Crippen molar-refractivity contribution in [3.63, 3.8) is 0 Å². The molecule has 0 aliphatic carbocycles. The Morgan fingerprint density at radius 1 is 1.05 bits per heavy atom.